The van der Waals surface area contributed by atoms with Gasteiger partial charge in [0.25, 0.3) is 0 Å². The molecule has 2 nitrogen and oxygen atoms in total. The van der Waals surface area contributed by atoms with Gasteiger partial charge in [0.05, 0.1) is 0 Å². The third kappa shape index (κ3) is 7.66. The Labute approximate surface area is 126 Å². The van der Waals surface area contributed by atoms with Crippen molar-refractivity contribution in [3.8, 4) is 5.75 Å². The van der Waals surface area contributed by atoms with Gasteiger partial charge >= 0.3 is 0 Å². The van der Waals surface area contributed by atoms with Gasteiger partial charge in [-0.3, -0.25) is 0 Å². The van der Waals surface area contributed by atoms with Crippen LogP contribution in [0.5, 0.6) is 5.75 Å². The molecule has 0 heterocycles. The van der Waals surface area contributed by atoms with Crippen molar-refractivity contribution < 1.29 is 4.74 Å². The van der Waals surface area contributed by atoms with Crippen molar-refractivity contribution in [1.82, 2.24) is 5.32 Å². The highest BCUT2D eigenvalue weighted by molar-refractivity contribution is 6.34. The van der Waals surface area contributed by atoms with Crippen LogP contribution in [0.4, 0.5) is 0 Å². The maximum Gasteiger partial charge on any atom is 0.122 e. The van der Waals surface area contributed by atoms with Crippen LogP contribution in [0.15, 0.2) is 18.2 Å². The highest BCUT2D eigenvalue weighted by atomic mass is 35.5. The second kappa shape index (κ2) is 9.46. The zero-order valence-corrected chi connectivity index (χ0v) is 13.2. The van der Waals surface area contributed by atoms with Crippen molar-refractivity contribution in [3.63, 3.8) is 0 Å². The number of ether oxygens (including phenoxy) is 1. The Bertz CT molecular complexity index is 351. The number of hydrogen-bond acceptors (Lipinski definition) is 2. The van der Waals surface area contributed by atoms with E-state index < -0.39 is 0 Å². The van der Waals surface area contributed by atoms with E-state index in [9.17, 15) is 0 Å². The maximum absolute atomic E-state index is 5.90. The Kier molecular flexibility index (Phi) is 8.27. The first-order chi connectivity index (χ1) is 9.11. The lowest BCUT2D eigenvalue weighted by Crippen LogP contribution is -2.30. The van der Waals surface area contributed by atoms with E-state index in [2.05, 4.69) is 19.2 Å². The molecule has 4 heteroatoms. The molecule has 0 fully saturated rings. The summed E-state index contributed by atoms with van der Waals surface area (Å²) in [5.74, 6) is 0.720. The second-order valence-corrected chi connectivity index (χ2v) is 5.68. The third-order valence-corrected chi connectivity index (χ3v) is 3.38. The highest BCUT2D eigenvalue weighted by Crippen LogP contribution is 2.23. The summed E-state index contributed by atoms with van der Waals surface area (Å²) in [5.41, 5.74) is 0. The first-order valence-corrected chi connectivity index (χ1v) is 7.69. The quantitative estimate of drug-likeness (QED) is 0.653. The first kappa shape index (κ1) is 16.6. The molecule has 108 valence electrons. The van der Waals surface area contributed by atoms with Gasteiger partial charge in [-0.15, -0.1) is 0 Å². The van der Waals surface area contributed by atoms with E-state index in [1.807, 2.05) is 0 Å². The van der Waals surface area contributed by atoms with Crippen LogP contribution < -0.4 is 10.1 Å². The van der Waals surface area contributed by atoms with Crippen LogP contribution in [-0.2, 0) is 0 Å². The van der Waals surface area contributed by atoms with Crippen LogP contribution in [0.2, 0.25) is 10.0 Å². The van der Waals surface area contributed by atoms with Gasteiger partial charge in [-0.05, 0) is 31.5 Å². The summed E-state index contributed by atoms with van der Waals surface area (Å²) in [7, 11) is 0. The lowest BCUT2D eigenvalue weighted by molar-refractivity contribution is 0.304. The summed E-state index contributed by atoms with van der Waals surface area (Å²) >= 11 is 11.8. The van der Waals surface area contributed by atoms with Gasteiger partial charge in [-0.2, -0.15) is 0 Å². The molecule has 0 aliphatic carbocycles. The third-order valence-electron chi connectivity index (χ3n) is 2.94. The van der Waals surface area contributed by atoms with Gasteiger partial charge in [-0.1, -0.05) is 49.4 Å². The van der Waals surface area contributed by atoms with Crippen LogP contribution in [-0.4, -0.2) is 19.2 Å². The minimum Gasteiger partial charge on any atom is -0.492 e. The van der Waals surface area contributed by atoms with Gasteiger partial charge in [0.2, 0.25) is 0 Å². The molecule has 0 aromatic heterocycles. The monoisotopic (exact) mass is 303 g/mol. The summed E-state index contributed by atoms with van der Waals surface area (Å²) in [4.78, 5) is 0. The van der Waals surface area contributed by atoms with Crippen LogP contribution in [0, 0.1) is 0 Å². The molecule has 1 N–H and O–H groups in total. The minimum atomic E-state index is 0.540. The zero-order valence-electron chi connectivity index (χ0n) is 11.7. The van der Waals surface area contributed by atoms with E-state index in [0.29, 0.717) is 22.7 Å². The van der Waals surface area contributed by atoms with Gasteiger partial charge in [-0.25, -0.2) is 0 Å². The Morgan fingerprint density at radius 2 is 1.84 bits per heavy atom. The lowest BCUT2D eigenvalue weighted by atomic mass is 10.1. The first-order valence-electron chi connectivity index (χ1n) is 6.94. The number of hydrogen-bond donors (Lipinski definition) is 1. The Hall–Kier alpha value is -0.440. The smallest absolute Gasteiger partial charge is 0.122 e. The predicted octanol–water partition coefficient (Wildman–Crippen LogP) is 4.93. The summed E-state index contributed by atoms with van der Waals surface area (Å²) in [6.07, 6.45) is 5.08. The van der Waals surface area contributed by atoms with Crippen LogP contribution >= 0.6 is 23.2 Å². The van der Waals surface area contributed by atoms with Crippen molar-refractivity contribution in [1.29, 1.82) is 0 Å². The Morgan fingerprint density at radius 1 is 1.16 bits per heavy atom. The average Bonchev–Trinajstić information content (AvgIpc) is 2.34. The molecular weight excluding hydrogens is 281 g/mol. The van der Waals surface area contributed by atoms with E-state index >= 15 is 0 Å². The van der Waals surface area contributed by atoms with Crippen molar-refractivity contribution in [2.24, 2.45) is 0 Å². The van der Waals surface area contributed by atoms with Crippen LogP contribution in [0.3, 0.4) is 0 Å². The zero-order chi connectivity index (χ0) is 14.1. The fourth-order valence-electron chi connectivity index (χ4n) is 1.89. The summed E-state index contributed by atoms with van der Waals surface area (Å²) in [6, 6.07) is 5.79. The molecule has 0 saturated heterocycles. The summed E-state index contributed by atoms with van der Waals surface area (Å²) in [5, 5.41) is 4.65. The second-order valence-electron chi connectivity index (χ2n) is 4.80. The lowest BCUT2D eigenvalue weighted by Gasteiger charge is -2.14. The summed E-state index contributed by atoms with van der Waals surface area (Å²) < 4.78 is 5.61. The summed E-state index contributed by atoms with van der Waals surface area (Å²) in [6.45, 7) is 5.89. The number of rotatable bonds is 9. The molecule has 0 spiro atoms. The van der Waals surface area contributed by atoms with E-state index in [1.54, 1.807) is 18.2 Å². The van der Waals surface area contributed by atoms with Crippen molar-refractivity contribution in [3.05, 3.63) is 28.2 Å². The van der Waals surface area contributed by atoms with Gasteiger partial charge in [0.15, 0.2) is 0 Å². The molecule has 19 heavy (non-hydrogen) atoms. The number of benzene rings is 1. The normalized spacial score (nSPS) is 12.4. The molecule has 0 amide bonds. The average molecular weight is 304 g/mol. The highest BCUT2D eigenvalue weighted by Gasteiger charge is 2.02. The molecule has 1 rings (SSSR count). The van der Waals surface area contributed by atoms with Crippen LogP contribution in [0.1, 0.15) is 39.5 Å². The Morgan fingerprint density at radius 3 is 2.47 bits per heavy atom. The maximum atomic E-state index is 5.90. The molecule has 1 atom stereocenters. The number of nitrogens with one attached hydrogen (secondary N) is 1. The van der Waals surface area contributed by atoms with E-state index in [4.69, 9.17) is 27.9 Å². The Balaban J connectivity index is 2.16. The standard InChI is InChI=1S/C15H23Cl2NO/c1-3-4-5-6-12(2)18-7-8-19-15-10-13(16)9-14(17)11-15/h9-12,18H,3-8H2,1-2H3. The van der Waals surface area contributed by atoms with E-state index in [1.165, 1.54) is 25.7 Å². The molecule has 1 aromatic rings. The van der Waals surface area contributed by atoms with Gasteiger partial charge < -0.3 is 10.1 Å². The molecule has 1 unspecified atom stereocenters. The largest absolute Gasteiger partial charge is 0.492 e. The van der Waals surface area contributed by atoms with Gasteiger partial charge in [0, 0.05) is 22.6 Å². The molecule has 0 aliphatic rings. The molecule has 0 bridgehead atoms. The van der Waals surface area contributed by atoms with E-state index in [0.717, 1.165) is 12.3 Å². The molecule has 0 radical (unpaired) electrons. The fourth-order valence-corrected chi connectivity index (χ4v) is 2.39. The number of halogens is 2. The topological polar surface area (TPSA) is 21.3 Å². The van der Waals surface area contributed by atoms with Crippen molar-refractivity contribution >= 4 is 23.2 Å². The van der Waals surface area contributed by atoms with Crippen molar-refractivity contribution in [2.45, 2.75) is 45.6 Å². The van der Waals surface area contributed by atoms with Crippen LogP contribution in [0.25, 0.3) is 0 Å². The predicted molar refractivity (Wildman–Crippen MR) is 83.6 cm³/mol. The molecular formula is C15H23Cl2NO. The van der Waals surface area contributed by atoms with Crippen molar-refractivity contribution in [2.75, 3.05) is 13.2 Å². The molecule has 0 aliphatic heterocycles. The minimum absolute atomic E-state index is 0.540. The van der Waals surface area contributed by atoms with E-state index in [-0.39, 0.29) is 0 Å². The SMILES string of the molecule is CCCCCC(C)NCCOc1cc(Cl)cc(Cl)c1. The molecule has 0 saturated carbocycles. The fraction of sp³-hybridized carbons (Fsp3) is 0.600. The van der Waals surface area contributed by atoms with Gasteiger partial charge in [0.1, 0.15) is 12.4 Å². The number of unbranched alkanes of at least 4 members (excludes halogenated alkanes) is 2. The molecule has 1 aromatic carbocycles.